The number of ether oxygens (including phenoxy) is 1. The fraction of sp³-hybridized carbons (Fsp3) is 0.850. The second kappa shape index (κ2) is 10.5. The molecule has 0 spiro atoms. The van der Waals surface area contributed by atoms with Crippen LogP contribution in [-0.2, 0) is 16.1 Å². The van der Waals surface area contributed by atoms with Crippen molar-refractivity contribution < 1.29 is 9.53 Å². The lowest BCUT2D eigenvalue weighted by atomic mass is 9.89. The van der Waals surface area contributed by atoms with Crippen molar-refractivity contribution in [2.24, 2.45) is 11.8 Å². The van der Waals surface area contributed by atoms with Gasteiger partial charge in [0.25, 0.3) is 0 Å². The first-order valence-electron chi connectivity index (χ1n) is 10.7. The van der Waals surface area contributed by atoms with Crippen LogP contribution < -0.4 is 4.90 Å². The topological polar surface area (TPSA) is 63.5 Å². The normalized spacial score (nSPS) is 18.6. The van der Waals surface area contributed by atoms with Gasteiger partial charge < -0.3 is 14.5 Å². The van der Waals surface area contributed by atoms with Crippen LogP contribution in [-0.4, -0.2) is 71.2 Å². The van der Waals surface area contributed by atoms with Gasteiger partial charge in [0.1, 0.15) is 0 Å². The number of thioether (sulfide) groups is 1. The number of nitrogens with zero attached hydrogens (tertiary/aromatic N) is 5. The Morgan fingerprint density at radius 1 is 1.21 bits per heavy atom. The van der Waals surface area contributed by atoms with E-state index in [4.69, 9.17) is 4.74 Å². The van der Waals surface area contributed by atoms with Gasteiger partial charge in [-0.15, -0.1) is 10.2 Å². The summed E-state index contributed by atoms with van der Waals surface area (Å²) in [6, 6.07) is 0. The van der Waals surface area contributed by atoms with Gasteiger partial charge in [0, 0.05) is 33.2 Å². The number of rotatable bonds is 8. The second-order valence-electron chi connectivity index (χ2n) is 8.45. The number of amides is 1. The molecule has 0 unspecified atom stereocenters. The summed E-state index contributed by atoms with van der Waals surface area (Å²) in [5.74, 6) is 2.66. The Morgan fingerprint density at radius 2 is 1.93 bits per heavy atom. The van der Waals surface area contributed by atoms with Gasteiger partial charge in [-0.1, -0.05) is 44.9 Å². The highest BCUT2D eigenvalue weighted by Gasteiger charge is 2.23. The average Bonchev–Trinajstić information content (AvgIpc) is 3.09. The van der Waals surface area contributed by atoms with E-state index >= 15 is 0 Å². The minimum Gasteiger partial charge on any atom is -0.378 e. The van der Waals surface area contributed by atoms with E-state index in [1.807, 2.05) is 11.9 Å². The molecule has 0 atom stereocenters. The molecular weight excluding hydrogens is 374 g/mol. The first-order chi connectivity index (χ1) is 13.5. The third-order valence-corrected chi connectivity index (χ3v) is 6.50. The number of hydrogen-bond donors (Lipinski definition) is 0. The Kier molecular flexibility index (Phi) is 8.02. The van der Waals surface area contributed by atoms with Crippen molar-refractivity contribution in [3.8, 4) is 0 Å². The summed E-state index contributed by atoms with van der Waals surface area (Å²) in [7, 11) is 1.94. The highest BCUT2D eigenvalue weighted by atomic mass is 32.2. The Balaban J connectivity index is 1.59. The zero-order chi connectivity index (χ0) is 19.9. The Labute approximate surface area is 173 Å². The maximum Gasteiger partial charge on any atom is 0.232 e. The van der Waals surface area contributed by atoms with Crippen molar-refractivity contribution in [2.75, 3.05) is 50.5 Å². The minimum atomic E-state index is 0.183. The smallest absolute Gasteiger partial charge is 0.232 e. The number of carbonyl (C=O) groups is 1. The lowest BCUT2D eigenvalue weighted by molar-refractivity contribution is -0.127. The van der Waals surface area contributed by atoms with Gasteiger partial charge in [-0.3, -0.25) is 9.36 Å². The van der Waals surface area contributed by atoms with Crippen molar-refractivity contribution in [3.05, 3.63) is 0 Å². The van der Waals surface area contributed by atoms with Crippen molar-refractivity contribution in [1.29, 1.82) is 0 Å². The van der Waals surface area contributed by atoms with Crippen LogP contribution in [0, 0.1) is 11.8 Å². The molecule has 0 bridgehead atoms. The van der Waals surface area contributed by atoms with E-state index in [-0.39, 0.29) is 5.91 Å². The molecule has 0 aromatic carbocycles. The highest BCUT2D eigenvalue weighted by Crippen LogP contribution is 2.26. The van der Waals surface area contributed by atoms with Crippen molar-refractivity contribution in [3.63, 3.8) is 0 Å². The summed E-state index contributed by atoms with van der Waals surface area (Å²) in [5, 5.41) is 9.70. The SMILES string of the molecule is CC(C)Cn1c(SCC(=O)N(C)CC2CCCCC2)nnc1N1CCOCC1. The lowest BCUT2D eigenvalue weighted by Crippen LogP contribution is -2.38. The number of carbonyl (C=O) groups excluding carboxylic acids is 1. The standard InChI is InChI=1S/C20H35N5O2S/c1-16(2)13-25-19(24-9-11-27-12-10-24)21-22-20(25)28-15-18(26)23(3)14-17-7-5-4-6-8-17/h16-17H,4-15H2,1-3H3. The number of aromatic nitrogens is 3. The average molecular weight is 410 g/mol. The van der Waals surface area contributed by atoms with Crippen LogP contribution >= 0.6 is 11.8 Å². The summed E-state index contributed by atoms with van der Waals surface area (Å²) in [4.78, 5) is 16.8. The number of anilines is 1. The molecule has 158 valence electrons. The summed E-state index contributed by atoms with van der Waals surface area (Å²) < 4.78 is 7.64. The van der Waals surface area contributed by atoms with Gasteiger partial charge in [-0.2, -0.15) is 0 Å². The minimum absolute atomic E-state index is 0.183. The molecule has 1 aliphatic carbocycles. The predicted molar refractivity (Wildman–Crippen MR) is 113 cm³/mol. The lowest BCUT2D eigenvalue weighted by Gasteiger charge is -2.28. The van der Waals surface area contributed by atoms with Gasteiger partial charge in [-0.25, -0.2) is 0 Å². The van der Waals surface area contributed by atoms with Crippen molar-refractivity contribution in [1.82, 2.24) is 19.7 Å². The first kappa shape index (κ1) is 21.4. The van der Waals surface area contributed by atoms with E-state index in [0.29, 0.717) is 17.6 Å². The van der Waals surface area contributed by atoms with Gasteiger partial charge in [-0.05, 0) is 24.7 Å². The molecule has 1 amide bonds. The molecule has 2 heterocycles. The molecule has 28 heavy (non-hydrogen) atoms. The van der Waals surface area contributed by atoms with Crippen LogP contribution in [0.4, 0.5) is 5.95 Å². The molecule has 2 aliphatic rings. The fourth-order valence-corrected chi connectivity index (χ4v) is 4.89. The summed E-state index contributed by atoms with van der Waals surface area (Å²) in [5.41, 5.74) is 0. The number of morpholine rings is 1. The fourth-order valence-electron chi connectivity index (χ4n) is 4.01. The van der Waals surface area contributed by atoms with E-state index in [9.17, 15) is 4.79 Å². The number of hydrogen-bond acceptors (Lipinski definition) is 6. The Bertz CT molecular complexity index is 624. The van der Waals surface area contributed by atoms with Crippen LogP contribution in [0.2, 0.25) is 0 Å². The van der Waals surface area contributed by atoms with Crippen LogP contribution in [0.15, 0.2) is 5.16 Å². The Hall–Kier alpha value is -1.28. The summed E-state index contributed by atoms with van der Waals surface area (Å²) in [6.07, 6.45) is 6.49. The molecule has 1 aliphatic heterocycles. The zero-order valence-electron chi connectivity index (χ0n) is 17.6. The van der Waals surface area contributed by atoms with E-state index in [1.165, 1.54) is 43.9 Å². The van der Waals surface area contributed by atoms with E-state index in [2.05, 4.69) is 33.5 Å². The van der Waals surface area contributed by atoms with E-state index in [1.54, 1.807) is 0 Å². The van der Waals surface area contributed by atoms with Crippen LogP contribution in [0.3, 0.4) is 0 Å². The van der Waals surface area contributed by atoms with Crippen molar-refractivity contribution >= 4 is 23.6 Å². The molecule has 1 aromatic rings. The maximum atomic E-state index is 12.7. The van der Waals surface area contributed by atoms with E-state index < -0.39 is 0 Å². The first-order valence-corrected chi connectivity index (χ1v) is 11.7. The third kappa shape index (κ3) is 5.86. The molecule has 2 fully saturated rings. The largest absolute Gasteiger partial charge is 0.378 e. The van der Waals surface area contributed by atoms with Crippen LogP contribution in [0.1, 0.15) is 46.0 Å². The summed E-state index contributed by atoms with van der Waals surface area (Å²) in [6.45, 7) is 9.25. The van der Waals surface area contributed by atoms with Crippen LogP contribution in [0.25, 0.3) is 0 Å². The highest BCUT2D eigenvalue weighted by molar-refractivity contribution is 7.99. The molecule has 3 rings (SSSR count). The molecule has 0 radical (unpaired) electrons. The summed E-state index contributed by atoms with van der Waals surface area (Å²) >= 11 is 1.51. The zero-order valence-corrected chi connectivity index (χ0v) is 18.4. The van der Waals surface area contributed by atoms with Gasteiger partial charge in [0.2, 0.25) is 11.9 Å². The monoisotopic (exact) mass is 409 g/mol. The predicted octanol–water partition coefficient (Wildman–Crippen LogP) is 2.90. The molecular formula is C20H35N5O2S. The van der Waals surface area contributed by atoms with Crippen LogP contribution in [0.5, 0.6) is 0 Å². The maximum absolute atomic E-state index is 12.7. The molecule has 1 aromatic heterocycles. The Morgan fingerprint density at radius 3 is 2.61 bits per heavy atom. The molecule has 0 N–H and O–H groups in total. The molecule has 7 nitrogen and oxygen atoms in total. The van der Waals surface area contributed by atoms with Crippen molar-refractivity contribution in [2.45, 2.75) is 57.7 Å². The quantitative estimate of drug-likeness (QED) is 0.615. The molecule has 1 saturated carbocycles. The van der Waals surface area contributed by atoms with E-state index in [0.717, 1.165) is 50.5 Å². The molecule has 8 heteroatoms. The van der Waals surface area contributed by atoms with Gasteiger partial charge in [0.05, 0.1) is 19.0 Å². The molecule has 1 saturated heterocycles. The third-order valence-electron chi connectivity index (χ3n) is 5.55. The van der Waals surface area contributed by atoms with Gasteiger partial charge >= 0.3 is 0 Å². The second-order valence-corrected chi connectivity index (χ2v) is 9.40. The van der Waals surface area contributed by atoms with Gasteiger partial charge in [0.15, 0.2) is 5.16 Å².